The van der Waals surface area contributed by atoms with Crippen molar-refractivity contribution in [3.8, 4) is 5.75 Å². The third-order valence-electron chi connectivity index (χ3n) is 5.55. The third-order valence-corrected chi connectivity index (χ3v) is 5.55. The Morgan fingerprint density at radius 2 is 1.72 bits per heavy atom. The van der Waals surface area contributed by atoms with Crippen LogP contribution < -0.4 is 9.64 Å². The first-order valence-corrected chi connectivity index (χ1v) is 11.5. The summed E-state index contributed by atoms with van der Waals surface area (Å²) < 4.78 is 11.9. The fraction of sp³-hybridized carbons (Fsp3) is 0.462. The maximum absolute atomic E-state index is 11.6. The fourth-order valence-corrected chi connectivity index (χ4v) is 3.58. The Morgan fingerprint density at radius 1 is 1.03 bits per heavy atom. The second-order valence-electron chi connectivity index (χ2n) is 8.68. The van der Waals surface area contributed by atoms with Gasteiger partial charge in [0.15, 0.2) is 11.2 Å². The number of unbranched alkanes of at least 4 members (excludes halogenated alkanes) is 5. The highest BCUT2D eigenvalue weighted by atomic mass is 16.5. The van der Waals surface area contributed by atoms with Gasteiger partial charge in [-0.2, -0.15) is 4.98 Å². The molecule has 0 saturated heterocycles. The molecule has 0 atom stereocenters. The van der Waals surface area contributed by atoms with Crippen molar-refractivity contribution in [3.05, 3.63) is 54.1 Å². The number of para-hydroxylation sites is 3. The first kappa shape index (κ1) is 23.6. The zero-order valence-corrected chi connectivity index (χ0v) is 19.3. The van der Waals surface area contributed by atoms with Gasteiger partial charge in [0.2, 0.25) is 0 Å². The number of rotatable bonds is 13. The normalized spacial score (nSPS) is 11.6. The minimum Gasteiger partial charge on any atom is -0.478 e. The predicted molar refractivity (Wildman–Crippen MR) is 127 cm³/mol. The summed E-state index contributed by atoms with van der Waals surface area (Å²) in [6.07, 6.45) is 7.19. The molecular weight excluding hydrogens is 404 g/mol. The van der Waals surface area contributed by atoms with Crippen molar-refractivity contribution in [2.45, 2.75) is 71.4 Å². The van der Waals surface area contributed by atoms with Crippen LogP contribution in [0.4, 0.5) is 6.01 Å². The van der Waals surface area contributed by atoms with E-state index in [-0.39, 0.29) is 0 Å². The lowest BCUT2D eigenvalue weighted by Crippen LogP contribution is -2.38. The Labute approximate surface area is 190 Å². The molecule has 0 saturated carbocycles. The van der Waals surface area contributed by atoms with Gasteiger partial charge in [0, 0.05) is 12.1 Å². The molecule has 32 heavy (non-hydrogen) atoms. The standard InChI is InChI=1S/C26H34N2O4/c1-4-5-6-7-8-13-18-28(25-27-21-15-10-12-17-23(21)31-25)19-20-14-9-11-16-22(20)32-26(2,3)24(29)30/h9-12,14-17H,4-8,13,18-19H2,1-3H3,(H,29,30). The molecule has 0 aliphatic heterocycles. The number of fused-ring (bicyclic) bond motifs is 1. The topological polar surface area (TPSA) is 75.8 Å². The van der Waals surface area contributed by atoms with Gasteiger partial charge in [-0.3, -0.25) is 0 Å². The summed E-state index contributed by atoms with van der Waals surface area (Å²) in [6, 6.07) is 15.9. The van der Waals surface area contributed by atoms with Gasteiger partial charge in [-0.25, -0.2) is 4.79 Å². The highest BCUT2D eigenvalue weighted by Crippen LogP contribution is 2.28. The molecule has 0 aliphatic rings. The number of carbonyl (C=O) groups is 1. The number of oxazole rings is 1. The van der Waals surface area contributed by atoms with Crippen LogP contribution in [0.3, 0.4) is 0 Å². The number of nitrogens with zero attached hydrogens (tertiary/aromatic N) is 2. The second-order valence-corrected chi connectivity index (χ2v) is 8.68. The van der Waals surface area contributed by atoms with Crippen molar-refractivity contribution < 1.29 is 19.1 Å². The van der Waals surface area contributed by atoms with E-state index in [1.165, 1.54) is 25.7 Å². The van der Waals surface area contributed by atoms with Crippen LogP contribution in [0.5, 0.6) is 5.75 Å². The summed E-state index contributed by atoms with van der Waals surface area (Å²) in [7, 11) is 0. The number of carboxylic acids is 1. The van der Waals surface area contributed by atoms with E-state index >= 15 is 0 Å². The molecule has 1 N–H and O–H groups in total. The highest BCUT2D eigenvalue weighted by Gasteiger charge is 2.30. The summed E-state index contributed by atoms with van der Waals surface area (Å²) in [6.45, 7) is 6.66. The second kappa shape index (κ2) is 11.0. The van der Waals surface area contributed by atoms with Crippen molar-refractivity contribution >= 4 is 23.1 Å². The lowest BCUT2D eigenvalue weighted by molar-refractivity contribution is -0.152. The minimum atomic E-state index is -1.32. The van der Waals surface area contributed by atoms with E-state index in [9.17, 15) is 9.90 Å². The Morgan fingerprint density at radius 3 is 2.47 bits per heavy atom. The van der Waals surface area contributed by atoms with Gasteiger partial charge in [0.1, 0.15) is 11.3 Å². The van der Waals surface area contributed by atoms with Crippen molar-refractivity contribution in [3.63, 3.8) is 0 Å². The van der Waals surface area contributed by atoms with Crippen LogP contribution in [0.1, 0.15) is 64.9 Å². The fourth-order valence-electron chi connectivity index (χ4n) is 3.58. The van der Waals surface area contributed by atoms with Crippen LogP contribution in [0.2, 0.25) is 0 Å². The van der Waals surface area contributed by atoms with Gasteiger partial charge in [0.25, 0.3) is 6.01 Å². The number of anilines is 1. The maximum Gasteiger partial charge on any atom is 0.347 e. The SMILES string of the molecule is CCCCCCCCN(Cc1ccccc1OC(C)(C)C(=O)O)c1nc2ccccc2o1. The number of benzene rings is 2. The van der Waals surface area contributed by atoms with E-state index in [0.717, 1.165) is 36.0 Å². The lowest BCUT2D eigenvalue weighted by atomic mass is 10.1. The van der Waals surface area contributed by atoms with Crippen LogP contribution in [0.25, 0.3) is 11.1 Å². The van der Waals surface area contributed by atoms with Crippen molar-refractivity contribution in [1.82, 2.24) is 4.98 Å². The lowest BCUT2D eigenvalue weighted by Gasteiger charge is -2.26. The van der Waals surface area contributed by atoms with E-state index in [1.54, 1.807) is 13.8 Å². The largest absolute Gasteiger partial charge is 0.478 e. The number of aromatic nitrogens is 1. The average Bonchev–Trinajstić information content (AvgIpc) is 3.20. The van der Waals surface area contributed by atoms with Gasteiger partial charge in [0.05, 0.1) is 6.54 Å². The van der Waals surface area contributed by atoms with E-state index < -0.39 is 11.6 Å². The average molecular weight is 439 g/mol. The van der Waals surface area contributed by atoms with E-state index in [1.807, 2.05) is 48.5 Å². The van der Waals surface area contributed by atoms with Gasteiger partial charge in [-0.1, -0.05) is 69.4 Å². The molecule has 2 aromatic carbocycles. The molecule has 1 aromatic heterocycles. The van der Waals surface area contributed by atoms with E-state index in [4.69, 9.17) is 14.1 Å². The molecule has 0 amide bonds. The Kier molecular flexibility index (Phi) is 8.14. The Hall–Kier alpha value is -3.02. The molecule has 0 spiro atoms. The number of aliphatic carboxylic acids is 1. The number of hydrogen-bond donors (Lipinski definition) is 1. The van der Waals surface area contributed by atoms with Gasteiger partial charge >= 0.3 is 5.97 Å². The van der Waals surface area contributed by atoms with Gasteiger partial charge < -0.3 is 19.2 Å². The van der Waals surface area contributed by atoms with Gasteiger partial charge in [-0.15, -0.1) is 0 Å². The van der Waals surface area contributed by atoms with Crippen LogP contribution >= 0.6 is 0 Å². The highest BCUT2D eigenvalue weighted by molar-refractivity contribution is 5.77. The van der Waals surface area contributed by atoms with Crippen molar-refractivity contribution in [2.75, 3.05) is 11.4 Å². The van der Waals surface area contributed by atoms with Crippen LogP contribution in [0, 0.1) is 0 Å². The molecule has 0 aliphatic carbocycles. The predicted octanol–water partition coefficient (Wildman–Crippen LogP) is 6.44. The molecule has 6 heteroatoms. The molecular formula is C26H34N2O4. The number of carboxylic acid groups (broad SMARTS) is 1. The molecule has 3 rings (SSSR count). The summed E-state index contributed by atoms with van der Waals surface area (Å²) >= 11 is 0. The molecule has 0 unspecified atom stereocenters. The van der Waals surface area contributed by atoms with Gasteiger partial charge in [-0.05, 0) is 38.5 Å². The molecule has 1 heterocycles. The molecule has 6 nitrogen and oxygen atoms in total. The zero-order chi connectivity index (χ0) is 23.0. The monoisotopic (exact) mass is 438 g/mol. The summed E-state index contributed by atoms with van der Waals surface area (Å²) in [5.41, 5.74) is 1.16. The summed E-state index contributed by atoms with van der Waals surface area (Å²) in [4.78, 5) is 18.4. The summed E-state index contributed by atoms with van der Waals surface area (Å²) in [5, 5.41) is 9.48. The van der Waals surface area contributed by atoms with E-state index in [0.29, 0.717) is 18.3 Å². The Bertz CT molecular complexity index is 979. The molecule has 0 bridgehead atoms. The molecule has 172 valence electrons. The Balaban J connectivity index is 1.80. The maximum atomic E-state index is 11.6. The molecule has 0 radical (unpaired) electrons. The minimum absolute atomic E-state index is 0.521. The smallest absolute Gasteiger partial charge is 0.347 e. The number of hydrogen-bond acceptors (Lipinski definition) is 5. The van der Waals surface area contributed by atoms with Crippen molar-refractivity contribution in [1.29, 1.82) is 0 Å². The van der Waals surface area contributed by atoms with E-state index in [2.05, 4.69) is 11.8 Å². The van der Waals surface area contributed by atoms with Crippen LogP contribution in [0.15, 0.2) is 52.9 Å². The first-order valence-electron chi connectivity index (χ1n) is 11.5. The number of ether oxygens (including phenoxy) is 1. The third kappa shape index (κ3) is 6.25. The van der Waals surface area contributed by atoms with Crippen molar-refractivity contribution in [2.24, 2.45) is 0 Å². The van der Waals surface area contributed by atoms with Crippen LogP contribution in [-0.4, -0.2) is 28.2 Å². The quantitative estimate of drug-likeness (QED) is 0.310. The van der Waals surface area contributed by atoms with Crippen LogP contribution in [-0.2, 0) is 11.3 Å². The molecule has 3 aromatic rings. The molecule has 0 fully saturated rings. The zero-order valence-electron chi connectivity index (χ0n) is 19.3. The first-order chi connectivity index (χ1) is 15.4. The summed E-state index contributed by atoms with van der Waals surface area (Å²) in [5.74, 6) is -0.445.